The summed E-state index contributed by atoms with van der Waals surface area (Å²) in [5.74, 6) is -0.411. The van der Waals surface area contributed by atoms with Gasteiger partial charge in [-0.1, -0.05) is 0 Å². The quantitative estimate of drug-likeness (QED) is 0.0743. The van der Waals surface area contributed by atoms with Crippen molar-refractivity contribution in [3.63, 3.8) is 0 Å². The molecule has 0 spiro atoms. The van der Waals surface area contributed by atoms with Crippen LogP contribution in [-0.4, -0.2) is 177 Å². The van der Waals surface area contributed by atoms with E-state index < -0.39 is 17.7 Å². The van der Waals surface area contributed by atoms with Gasteiger partial charge < -0.3 is 66.9 Å². The van der Waals surface area contributed by atoms with Gasteiger partial charge in [-0.05, 0) is 20.8 Å². The highest BCUT2D eigenvalue weighted by Gasteiger charge is 2.15. The average molecular weight is 674 g/mol. The first kappa shape index (κ1) is 44.3. The second kappa shape index (κ2) is 34.6. The van der Waals surface area contributed by atoms with E-state index in [0.717, 1.165) is 0 Å². The Balaban J connectivity index is 3.10. The molecule has 0 aliphatic carbocycles. The van der Waals surface area contributed by atoms with Crippen LogP contribution < -0.4 is 5.32 Å². The molecule has 1 N–H and O–H groups in total. The van der Waals surface area contributed by atoms with Crippen molar-refractivity contribution in [2.24, 2.45) is 0 Å². The predicted octanol–water partition coefficient (Wildman–Crippen LogP) is 0.867. The van der Waals surface area contributed by atoms with Crippen LogP contribution in [0.4, 0.5) is 4.79 Å². The molecule has 0 fully saturated rings. The second-order valence-corrected chi connectivity index (χ2v) is 10.2. The van der Waals surface area contributed by atoms with Crippen molar-refractivity contribution in [2.45, 2.75) is 26.4 Å². The molecule has 0 rings (SSSR count). The number of alkyl carbamates (subject to hydrolysis) is 1. The number of rotatable bonds is 35. The van der Waals surface area contributed by atoms with Crippen LogP contribution in [0.2, 0.25) is 0 Å². The third-order valence-electron chi connectivity index (χ3n) is 5.08. The molecule has 1 amide bonds. The fourth-order valence-electron chi connectivity index (χ4n) is 2.95. The van der Waals surface area contributed by atoms with Gasteiger partial charge in [0.15, 0.2) is 0 Å². The summed E-state index contributed by atoms with van der Waals surface area (Å²) >= 11 is 0. The normalized spacial score (nSPS) is 11.6. The number of ether oxygens (including phenoxy) is 13. The molecule has 0 bridgehead atoms. The summed E-state index contributed by atoms with van der Waals surface area (Å²) in [7, 11) is 1.31. The maximum atomic E-state index is 11.5. The molecule has 0 aromatic heterocycles. The van der Waals surface area contributed by atoms with Gasteiger partial charge in [0.05, 0.1) is 146 Å². The molecule has 0 aliphatic heterocycles. The Morgan fingerprint density at radius 1 is 0.435 bits per heavy atom. The third-order valence-corrected chi connectivity index (χ3v) is 5.08. The van der Waals surface area contributed by atoms with Gasteiger partial charge in [0.2, 0.25) is 0 Å². The number of hydrogen-bond acceptors (Lipinski definition) is 15. The van der Waals surface area contributed by atoms with Crippen LogP contribution in [-0.2, 0) is 66.4 Å². The number of esters is 1. The Bertz CT molecular complexity index is 667. The van der Waals surface area contributed by atoms with E-state index in [-0.39, 0.29) is 6.61 Å². The minimum atomic E-state index is -0.515. The number of hydrogen-bond donors (Lipinski definition) is 1. The molecule has 0 atom stereocenters. The molecule has 0 radical (unpaired) electrons. The number of carbonyl (C=O) groups excluding carboxylic acids is 2. The van der Waals surface area contributed by atoms with Crippen LogP contribution in [0.1, 0.15) is 20.8 Å². The van der Waals surface area contributed by atoms with E-state index in [0.29, 0.717) is 145 Å². The summed E-state index contributed by atoms with van der Waals surface area (Å²) in [6.07, 6.45) is -0.456. The third kappa shape index (κ3) is 38.5. The largest absolute Gasteiger partial charge is 0.467 e. The monoisotopic (exact) mass is 673 g/mol. The molecule has 16 nitrogen and oxygen atoms in total. The summed E-state index contributed by atoms with van der Waals surface area (Å²) in [5.41, 5.74) is -0.515. The van der Waals surface area contributed by atoms with Crippen molar-refractivity contribution in [3.05, 3.63) is 0 Å². The fourth-order valence-corrected chi connectivity index (χ4v) is 2.95. The van der Waals surface area contributed by atoms with Crippen LogP contribution >= 0.6 is 0 Å². The lowest BCUT2D eigenvalue weighted by molar-refractivity contribution is -0.146. The summed E-state index contributed by atoms with van der Waals surface area (Å²) in [5, 5.41) is 2.62. The Hall–Kier alpha value is -1.70. The van der Waals surface area contributed by atoms with E-state index in [1.807, 2.05) is 20.8 Å². The number of nitrogens with one attached hydrogen (secondary N) is 1. The highest BCUT2D eigenvalue weighted by Crippen LogP contribution is 2.06. The van der Waals surface area contributed by atoms with E-state index in [9.17, 15) is 9.59 Å². The maximum Gasteiger partial charge on any atom is 0.407 e. The highest BCUT2D eigenvalue weighted by atomic mass is 16.6. The smallest absolute Gasteiger partial charge is 0.407 e. The van der Waals surface area contributed by atoms with Crippen molar-refractivity contribution < 1.29 is 71.2 Å². The average Bonchev–Trinajstić information content (AvgIpc) is 3.01. The number of methoxy groups -OCH3 is 1. The summed E-state index contributed by atoms with van der Waals surface area (Å²) in [6.45, 7) is 15.3. The second-order valence-electron chi connectivity index (χ2n) is 10.2. The molecule has 0 aromatic rings. The van der Waals surface area contributed by atoms with E-state index in [2.05, 4.69) is 10.1 Å². The zero-order valence-electron chi connectivity index (χ0n) is 28.4. The van der Waals surface area contributed by atoms with E-state index in [1.165, 1.54) is 7.11 Å². The predicted molar refractivity (Wildman–Crippen MR) is 165 cm³/mol. The molecule has 274 valence electrons. The highest BCUT2D eigenvalue weighted by molar-refractivity contribution is 5.70. The summed E-state index contributed by atoms with van der Waals surface area (Å²) < 4.78 is 68.9. The Morgan fingerprint density at radius 3 is 0.957 bits per heavy atom. The molecule has 0 heterocycles. The van der Waals surface area contributed by atoms with Gasteiger partial charge in [0, 0.05) is 6.54 Å². The molecule has 46 heavy (non-hydrogen) atoms. The molecule has 16 heteroatoms. The van der Waals surface area contributed by atoms with Crippen LogP contribution in [0.3, 0.4) is 0 Å². The van der Waals surface area contributed by atoms with Crippen molar-refractivity contribution >= 4 is 12.1 Å². The van der Waals surface area contributed by atoms with E-state index >= 15 is 0 Å². The van der Waals surface area contributed by atoms with Gasteiger partial charge in [-0.2, -0.15) is 0 Å². The first-order chi connectivity index (χ1) is 22.3. The number of amides is 1. The minimum absolute atomic E-state index is 0.0745. The van der Waals surface area contributed by atoms with Crippen molar-refractivity contribution in [2.75, 3.05) is 159 Å². The lowest BCUT2D eigenvalue weighted by atomic mass is 10.2. The molecule has 0 saturated heterocycles. The SMILES string of the molecule is COC(=O)COCCOCCOCCOCCOCCOCCOCCOCCOCCOCCOCCNC(=O)OC(C)(C)C. The van der Waals surface area contributed by atoms with Gasteiger partial charge in [0.25, 0.3) is 0 Å². The Kier molecular flexibility index (Phi) is 33.3. The zero-order valence-corrected chi connectivity index (χ0v) is 28.4. The zero-order chi connectivity index (χ0) is 33.8. The van der Waals surface area contributed by atoms with Gasteiger partial charge in [-0.3, -0.25) is 0 Å². The lowest BCUT2D eigenvalue weighted by Crippen LogP contribution is -2.34. The fraction of sp³-hybridized carbons (Fsp3) is 0.933. The van der Waals surface area contributed by atoms with E-state index in [4.69, 9.17) is 56.8 Å². The van der Waals surface area contributed by atoms with Crippen molar-refractivity contribution in [3.8, 4) is 0 Å². The Labute approximate surface area is 274 Å². The maximum absolute atomic E-state index is 11.5. The molecule has 0 aromatic carbocycles. The van der Waals surface area contributed by atoms with Gasteiger partial charge in [0.1, 0.15) is 12.2 Å². The molecule has 0 unspecified atom stereocenters. The van der Waals surface area contributed by atoms with Crippen molar-refractivity contribution in [1.82, 2.24) is 5.32 Å². The van der Waals surface area contributed by atoms with Crippen LogP contribution in [0.25, 0.3) is 0 Å². The van der Waals surface area contributed by atoms with Gasteiger partial charge in [-0.25, -0.2) is 9.59 Å². The molecular formula is C30H59NO15. The molecule has 0 aliphatic rings. The van der Waals surface area contributed by atoms with E-state index in [1.54, 1.807) is 0 Å². The first-order valence-corrected chi connectivity index (χ1v) is 15.7. The summed E-state index contributed by atoms with van der Waals surface area (Å²) in [6, 6.07) is 0. The Morgan fingerprint density at radius 2 is 0.696 bits per heavy atom. The van der Waals surface area contributed by atoms with Crippen molar-refractivity contribution in [1.29, 1.82) is 0 Å². The van der Waals surface area contributed by atoms with Crippen LogP contribution in [0, 0.1) is 0 Å². The lowest BCUT2D eigenvalue weighted by Gasteiger charge is -2.19. The topological polar surface area (TPSA) is 166 Å². The van der Waals surface area contributed by atoms with Gasteiger partial charge in [-0.15, -0.1) is 0 Å². The molecular weight excluding hydrogens is 614 g/mol. The van der Waals surface area contributed by atoms with Crippen LogP contribution in [0.15, 0.2) is 0 Å². The minimum Gasteiger partial charge on any atom is -0.467 e. The van der Waals surface area contributed by atoms with Crippen LogP contribution in [0.5, 0.6) is 0 Å². The summed E-state index contributed by atoms with van der Waals surface area (Å²) in [4.78, 5) is 22.3. The first-order valence-electron chi connectivity index (χ1n) is 15.7. The molecule has 0 saturated carbocycles. The standard InChI is InChI=1S/C30H59NO15/c1-30(2,3)46-29(33)31-5-6-35-7-8-36-9-10-37-11-12-38-13-14-39-15-16-40-17-18-41-19-20-42-21-22-43-23-24-44-25-26-45-27-28(32)34-4/h5-27H2,1-4H3,(H,31,33). The number of carbonyl (C=O) groups is 2. The van der Waals surface area contributed by atoms with Gasteiger partial charge >= 0.3 is 12.1 Å².